The number of hydrogen-bond acceptors (Lipinski definition) is 5. The second-order valence-electron chi connectivity index (χ2n) is 8.72. The third-order valence-corrected chi connectivity index (χ3v) is 10.6. The molecule has 0 N–H and O–H groups in total. The zero-order valence-corrected chi connectivity index (χ0v) is 21.4. The molecule has 2 aliphatic carbocycles. The first-order valence-electron chi connectivity index (χ1n) is 10.7. The zero-order valence-electron chi connectivity index (χ0n) is 17.5. The van der Waals surface area contributed by atoms with E-state index in [1.54, 1.807) is 18.2 Å². The van der Waals surface area contributed by atoms with Gasteiger partial charge >= 0.3 is 0 Å². The molecule has 0 spiro atoms. The van der Waals surface area contributed by atoms with E-state index >= 15 is 0 Å². The summed E-state index contributed by atoms with van der Waals surface area (Å²) >= 11 is 13.6. The Labute approximate surface area is 216 Å². The molecule has 2 saturated carbocycles. The largest absolute Gasteiger partial charge is 0.274 e. The number of carbonyl (C=O) groups is 3. The first-order chi connectivity index (χ1) is 16.2. The van der Waals surface area contributed by atoms with Crippen molar-refractivity contribution < 1.29 is 19.3 Å². The lowest BCUT2D eigenvalue weighted by atomic mass is 9.81. The summed E-state index contributed by atoms with van der Waals surface area (Å²) in [7, 11) is 0. The lowest BCUT2D eigenvalue weighted by Gasteiger charge is -2.31. The number of nitro groups is 1. The van der Waals surface area contributed by atoms with Crippen LogP contribution in [0.5, 0.6) is 0 Å². The molecule has 6 atom stereocenters. The van der Waals surface area contributed by atoms with Crippen LogP contribution in [0.1, 0.15) is 22.3 Å². The van der Waals surface area contributed by atoms with Crippen molar-refractivity contribution in [2.45, 2.75) is 22.6 Å². The Balaban J connectivity index is 1.58. The van der Waals surface area contributed by atoms with Crippen LogP contribution in [0.2, 0.25) is 5.02 Å². The van der Waals surface area contributed by atoms with Gasteiger partial charge in [-0.05, 0) is 30.4 Å². The Bertz CT molecular complexity index is 1190. The molecule has 0 aromatic heterocycles. The van der Waals surface area contributed by atoms with E-state index in [4.69, 9.17) is 11.6 Å². The van der Waals surface area contributed by atoms with Crippen LogP contribution < -0.4 is 0 Å². The Kier molecular flexibility index (Phi) is 6.02. The Hall–Kier alpha value is -2.30. The molecule has 2 aromatic rings. The minimum atomic E-state index is -0.677. The SMILES string of the molecule is O=C(c1ccccc1Cl)N(Cc1ccccc1[N+](=O)[O-])N1C(=O)[C@@H]2[C@H]3C[C@@H]([C@H](Br)[C@@H]3Br)[C@@H]2C1=O. The molecule has 3 amide bonds. The van der Waals surface area contributed by atoms with Crippen molar-refractivity contribution in [3.05, 3.63) is 74.8 Å². The minimum absolute atomic E-state index is 0.0378. The number of alkyl halides is 2. The maximum Gasteiger partial charge on any atom is 0.274 e. The molecule has 11 heteroatoms. The predicted molar refractivity (Wildman–Crippen MR) is 130 cm³/mol. The molecular formula is C23H18Br2ClN3O5. The van der Waals surface area contributed by atoms with Crippen LogP contribution in [0.25, 0.3) is 0 Å². The topological polar surface area (TPSA) is 101 Å². The normalized spacial score (nSPS) is 29.4. The van der Waals surface area contributed by atoms with Gasteiger partial charge in [0.2, 0.25) is 0 Å². The van der Waals surface area contributed by atoms with Crippen LogP contribution in [0, 0.1) is 33.8 Å². The van der Waals surface area contributed by atoms with Gasteiger partial charge in [0.25, 0.3) is 23.4 Å². The summed E-state index contributed by atoms with van der Waals surface area (Å²) in [4.78, 5) is 52.0. The van der Waals surface area contributed by atoms with Crippen LogP contribution in [-0.2, 0) is 16.1 Å². The lowest BCUT2D eigenvalue weighted by Crippen LogP contribution is -2.50. The van der Waals surface area contributed by atoms with Gasteiger partial charge in [0, 0.05) is 15.7 Å². The Morgan fingerprint density at radius 3 is 2.18 bits per heavy atom. The van der Waals surface area contributed by atoms with Crippen molar-refractivity contribution in [3.63, 3.8) is 0 Å². The fourth-order valence-electron chi connectivity index (χ4n) is 5.56. The molecule has 8 nitrogen and oxygen atoms in total. The summed E-state index contributed by atoms with van der Waals surface area (Å²) in [6, 6.07) is 12.3. The van der Waals surface area contributed by atoms with E-state index in [0.717, 1.165) is 16.4 Å². The van der Waals surface area contributed by atoms with Gasteiger partial charge in [0.05, 0.1) is 39.5 Å². The molecule has 176 valence electrons. The molecule has 3 aliphatic rings. The smallest absolute Gasteiger partial charge is 0.272 e. The van der Waals surface area contributed by atoms with Crippen molar-refractivity contribution in [2.75, 3.05) is 0 Å². The Morgan fingerprint density at radius 2 is 1.59 bits per heavy atom. The molecule has 0 unspecified atom stereocenters. The maximum atomic E-state index is 13.7. The van der Waals surface area contributed by atoms with Crippen molar-refractivity contribution in [3.8, 4) is 0 Å². The highest BCUT2D eigenvalue weighted by Gasteiger charge is 2.67. The second kappa shape index (κ2) is 8.73. The number of rotatable bonds is 5. The minimum Gasteiger partial charge on any atom is -0.272 e. The average Bonchev–Trinajstić information content (AvgIpc) is 3.42. The molecule has 1 heterocycles. The molecule has 2 aromatic carbocycles. The molecule has 2 bridgehead atoms. The average molecular weight is 612 g/mol. The van der Waals surface area contributed by atoms with Gasteiger partial charge < -0.3 is 0 Å². The van der Waals surface area contributed by atoms with Crippen molar-refractivity contribution in [1.29, 1.82) is 0 Å². The summed E-state index contributed by atoms with van der Waals surface area (Å²) in [5.41, 5.74) is 0.0882. The molecular weight excluding hydrogens is 594 g/mol. The summed E-state index contributed by atoms with van der Waals surface area (Å²) in [5.74, 6) is -2.74. The van der Waals surface area contributed by atoms with Crippen LogP contribution in [0.15, 0.2) is 48.5 Å². The van der Waals surface area contributed by atoms with Gasteiger partial charge in [-0.15, -0.1) is 0 Å². The van der Waals surface area contributed by atoms with E-state index in [2.05, 4.69) is 31.9 Å². The first-order valence-corrected chi connectivity index (χ1v) is 12.9. The monoisotopic (exact) mass is 609 g/mol. The first kappa shape index (κ1) is 23.4. The van der Waals surface area contributed by atoms with Crippen molar-refractivity contribution in [1.82, 2.24) is 10.0 Å². The summed E-state index contributed by atoms with van der Waals surface area (Å²) < 4.78 is 0. The fraction of sp³-hybridized carbons (Fsp3) is 0.348. The highest BCUT2D eigenvalue weighted by Crippen LogP contribution is 2.60. The van der Waals surface area contributed by atoms with Crippen LogP contribution >= 0.6 is 43.5 Å². The number of amides is 3. The van der Waals surface area contributed by atoms with Gasteiger partial charge in [0.15, 0.2) is 0 Å². The molecule has 5 rings (SSSR count). The molecule has 1 saturated heterocycles. The van der Waals surface area contributed by atoms with Crippen molar-refractivity contribution >= 4 is 66.9 Å². The number of carbonyl (C=O) groups excluding carboxylic acids is 3. The number of nitro benzene ring substituents is 1. The van der Waals surface area contributed by atoms with Crippen LogP contribution in [-0.4, -0.2) is 42.3 Å². The molecule has 0 radical (unpaired) electrons. The van der Waals surface area contributed by atoms with Gasteiger partial charge in [-0.3, -0.25) is 24.5 Å². The van der Waals surface area contributed by atoms with Gasteiger partial charge in [-0.25, -0.2) is 5.01 Å². The number of hydrogen-bond donors (Lipinski definition) is 0. The summed E-state index contributed by atoms with van der Waals surface area (Å²) in [6.45, 7) is -0.330. The number of para-hydroxylation sites is 1. The number of fused-ring (bicyclic) bond motifs is 5. The number of imide groups is 1. The number of nitrogens with zero attached hydrogens (tertiary/aromatic N) is 3. The zero-order chi connectivity index (χ0) is 24.3. The number of halogens is 3. The highest BCUT2D eigenvalue weighted by molar-refractivity contribution is 9.12. The third-order valence-electron chi connectivity index (χ3n) is 7.05. The van der Waals surface area contributed by atoms with E-state index in [-0.39, 0.29) is 49.9 Å². The van der Waals surface area contributed by atoms with Gasteiger partial charge in [-0.1, -0.05) is 73.8 Å². The number of hydrazine groups is 1. The molecule has 3 fully saturated rings. The van der Waals surface area contributed by atoms with E-state index in [1.165, 1.54) is 30.3 Å². The van der Waals surface area contributed by atoms with E-state index in [1.807, 2.05) is 0 Å². The summed E-state index contributed by atoms with van der Waals surface area (Å²) in [6.07, 6.45) is 0.745. The fourth-order valence-corrected chi connectivity index (χ4v) is 7.65. The highest BCUT2D eigenvalue weighted by atomic mass is 79.9. The maximum absolute atomic E-state index is 13.7. The quantitative estimate of drug-likeness (QED) is 0.213. The van der Waals surface area contributed by atoms with Crippen LogP contribution in [0.4, 0.5) is 5.69 Å². The summed E-state index contributed by atoms with van der Waals surface area (Å²) in [5, 5.41) is 13.7. The van der Waals surface area contributed by atoms with Crippen LogP contribution in [0.3, 0.4) is 0 Å². The van der Waals surface area contributed by atoms with Gasteiger partial charge in [0.1, 0.15) is 0 Å². The molecule has 1 aliphatic heterocycles. The second-order valence-corrected chi connectivity index (χ2v) is 11.2. The third kappa shape index (κ3) is 3.49. The standard InChI is InChI=1S/C23H18Br2ClN3O5/c24-19-13-9-14(20(19)25)18-17(13)22(31)28(23(18)32)27(21(30)12-6-2-3-7-15(12)26)10-11-5-1-4-8-16(11)29(33)34/h1-8,13-14,17-20H,9-10H2/t13-,14-,17-,18+,19-,20+/m1/s1. The van der Waals surface area contributed by atoms with E-state index in [9.17, 15) is 24.5 Å². The predicted octanol–water partition coefficient (Wildman–Crippen LogP) is 4.58. The Morgan fingerprint density at radius 1 is 1.03 bits per heavy atom. The van der Waals surface area contributed by atoms with E-state index in [0.29, 0.717) is 0 Å². The van der Waals surface area contributed by atoms with E-state index < -0.39 is 34.5 Å². The lowest BCUT2D eigenvalue weighted by molar-refractivity contribution is -0.385. The molecule has 34 heavy (non-hydrogen) atoms. The van der Waals surface area contributed by atoms with Gasteiger partial charge in [-0.2, -0.15) is 5.01 Å². The van der Waals surface area contributed by atoms with Crippen molar-refractivity contribution in [2.24, 2.45) is 23.7 Å². The number of benzene rings is 2.